The van der Waals surface area contributed by atoms with Crippen LogP contribution in [0.4, 0.5) is 0 Å². The van der Waals surface area contributed by atoms with E-state index in [0.29, 0.717) is 21.2 Å². The maximum atomic E-state index is 11.8. The highest BCUT2D eigenvalue weighted by Gasteiger charge is 2.09. The molecule has 2 aromatic carbocycles. The molecule has 0 radical (unpaired) electrons. The molecule has 0 aliphatic carbocycles. The summed E-state index contributed by atoms with van der Waals surface area (Å²) in [6.45, 7) is 0. The highest BCUT2D eigenvalue weighted by Crippen LogP contribution is 2.11. The molecule has 0 saturated carbocycles. The first-order valence-electron chi connectivity index (χ1n) is 5.68. The molecule has 102 valence electrons. The van der Waals surface area contributed by atoms with Gasteiger partial charge in [0.2, 0.25) is 0 Å². The minimum atomic E-state index is -0.456. The number of rotatable bonds is 2. The molecule has 2 rings (SSSR count). The van der Waals surface area contributed by atoms with Crippen molar-refractivity contribution in [1.29, 1.82) is 0 Å². The lowest BCUT2D eigenvalue weighted by atomic mass is 10.2. The van der Waals surface area contributed by atoms with Gasteiger partial charge in [0.1, 0.15) is 0 Å². The molecule has 0 aromatic heterocycles. The fraction of sp³-hybridized carbons (Fsp3) is 0. The first kappa shape index (κ1) is 14.4. The van der Waals surface area contributed by atoms with Crippen molar-refractivity contribution in [3.05, 3.63) is 69.7 Å². The summed E-state index contributed by atoms with van der Waals surface area (Å²) in [6, 6.07) is 12.8. The molecule has 0 atom stereocenters. The zero-order valence-electron chi connectivity index (χ0n) is 10.2. The molecule has 2 amide bonds. The monoisotopic (exact) mass is 308 g/mol. The number of amides is 2. The van der Waals surface area contributed by atoms with Crippen molar-refractivity contribution in [3.63, 3.8) is 0 Å². The lowest BCUT2D eigenvalue weighted by Gasteiger charge is -2.07. The van der Waals surface area contributed by atoms with Gasteiger partial charge in [-0.25, -0.2) is 0 Å². The number of carbonyl (C=O) groups excluding carboxylic acids is 2. The van der Waals surface area contributed by atoms with Crippen LogP contribution in [0.3, 0.4) is 0 Å². The van der Waals surface area contributed by atoms with Gasteiger partial charge in [-0.1, -0.05) is 35.3 Å². The van der Waals surface area contributed by atoms with Crippen molar-refractivity contribution in [1.82, 2.24) is 10.9 Å². The SMILES string of the molecule is O=C(NNC(=O)c1cccc(Cl)c1)c1cccc(Cl)c1. The quantitative estimate of drug-likeness (QED) is 0.838. The summed E-state index contributed by atoms with van der Waals surface area (Å²) in [4.78, 5) is 23.6. The van der Waals surface area contributed by atoms with Gasteiger partial charge in [-0.05, 0) is 36.4 Å². The fourth-order valence-electron chi connectivity index (χ4n) is 1.52. The van der Waals surface area contributed by atoms with E-state index in [1.54, 1.807) is 36.4 Å². The summed E-state index contributed by atoms with van der Waals surface area (Å²) in [5.74, 6) is -0.911. The van der Waals surface area contributed by atoms with Crippen LogP contribution in [0, 0.1) is 0 Å². The number of hydrogen-bond donors (Lipinski definition) is 2. The number of hydrogen-bond acceptors (Lipinski definition) is 2. The largest absolute Gasteiger partial charge is 0.269 e. The van der Waals surface area contributed by atoms with Crippen LogP contribution in [0.5, 0.6) is 0 Å². The fourth-order valence-corrected chi connectivity index (χ4v) is 1.90. The Balaban J connectivity index is 1.98. The third-order valence-corrected chi connectivity index (χ3v) is 2.93. The predicted octanol–water partition coefficient (Wildman–Crippen LogP) is 3.07. The molecule has 0 heterocycles. The zero-order valence-corrected chi connectivity index (χ0v) is 11.7. The molecular weight excluding hydrogens is 299 g/mol. The maximum absolute atomic E-state index is 11.8. The normalized spacial score (nSPS) is 9.90. The number of nitrogens with one attached hydrogen (secondary N) is 2. The van der Waals surface area contributed by atoms with Gasteiger partial charge in [-0.2, -0.15) is 0 Å². The summed E-state index contributed by atoms with van der Waals surface area (Å²) < 4.78 is 0. The van der Waals surface area contributed by atoms with Crippen molar-refractivity contribution < 1.29 is 9.59 Å². The number of hydrazine groups is 1. The van der Waals surface area contributed by atoms with E-state index in [1.165, 1.54) is 12.1 Å². The molecule has 2 aromatic rings. The van der Waals surface area contributed by atoms with Crippen LogP contribution in [0.1, 0.15) is 20.7 Å². The Morgan fingerprint density at radius 1 is 0.750 bits per heavy atom. The number of benzene rings is 2. The average molecular weight is 309 g/mol. The van der Waals surface area contributed by atoms with E-state index < -0.39 is 11.8 Å². The highest BCUT2D eigenvalue weighted by molar-refractivity contribution is 6.31. The van der Waals surface area contributed by atoms with E-state index >= 15 is 0 Å². The van der Waals surface area contributed by atoms with Crippen LogP contribution < -0.4 is 10.9 Å². The molecule has 0 saturated heterocycles. The van der Waals surface area contributed by atoms with E-state index in [0.717, 1.165) is 0 Å². The van der Waals surface area contributed by atoms with Crippen LogP contribution >= 0.6 is 23.2 Å². The molecule has 0 bridgehead atoms. The molecule has 2 N–H and O–H groups in total. The average Bonchev–Trinajstić information content (AvgIpc) is 2.44. The van der Waals surface area contributed by atoms with E-state index in [4.69, 9.17) is 23.2 Å². The molecule has 0 fully saturated rings. The van der Waals surface area contributed by atoms with Gasteiger partial charge in [0, 0.05) is 21.2 Å². The zero-order chi connectivity index (χ0) is 14.5. The minimum Gasteiger partial charge on any atom is -0.267 e. The lowest BCUT2D eigenvalue weighted by molar-refractivity contribution is 0.0846. The third kappa shape index (κ3) is 3.73. The Bertz CT molecular complexity index is 602. The van der Waals surface area contributed by atoms with Gasteiger partial charge in [-0.3, -0.25) is 20.4 Å². The Morgan fingerprint density at radius 3 is 1.50 bits per heavy atom. The van der Waals surface area contributed by atoms with Gasteiger partial charge >= 0.3 is 0 Å². The van der Waals surface area contributed by atoms with Gasteiger partial charge in [0.05, 0.1) is 0 Å². The maximum Gasteiger partial charge on any atom is 0.269 e. The number of carbonyl (C=O) groups is 2. The Hall–Kier alpha value is -2.04. The lowest BCUT2D eigenvalue weighted by Crippen LogP contribution is -2.41. The second-order valence-electron chi connectivity index (χ2n) is 3.93. The van der Waals surface area contributed by atoms with E-state index in [9.17, 15) is 9.59 Å². The van der Waals surface area contributed by atoms with E-state index in [2.05, 4.69) is 10.9 Å². The Kier molecular flexibility index (Phi) is 4.61. The second kappa shape index (κ2) is 6.41. The van der Waals surface area contributed by atoms with Crippen LogP contribution in [-0.2, 0) is 0 Å². The molecule has 4 nitrogen and oxygen atoms in total. The summed E-state index contributed by atoms with van der Waals surface area (Å²) in [5, 5.41) is 0.887. The first-order chi connectivity index (χ1) is 9.56. The topological polar surface area (TPSA) is 58.2 Å². The molecule has 0 aliphatic rings. The molecule has 6 heteroatoms. The van der Waals surface area contributed by atoms with Gasteiger partial charge in [0.15, 0.2) is 0 Å². The second-order valence-corrected chi connectivity index (χ2v) is 4.80. The smallest absolute Gasteiger partial charge is 0.267 e. The summed E-state index contributed by atoms with van der Waals surface area (Å²) >= 11 is 11.6. The minimum absolute atomic E-state index is 0.351. The van der Waals surface area contributed by atoms with Gasteiger partial charge in [0.25, 0.3) is 11.8 Å². The van der Waals surface area contributed by atoms with E-state index in [-0.39, 0.29) is 0 Å². The van der Waals surface area contributed by atoms with Crippen molar-refractivity contribution >= 4 is 35.0 Å². The third-order valence-electron chi connectivity index (χ3n) is 2.46. The van der Waals surface area contributed by atoms with Crippen molar-refractivity contribution in [3.8, 4) is 0 Å². The molecule has 0 spiro atoms. The first-order valence-corrected chi connectivity index (χ1v) is 6.43. The molecule has 0 unspecified atom stereocenters. The Labute approximate surface area is 125 Å². The number of halogens is 2. The van der Waals surface area contributed by atoms with Crippen molar-refractivity contribution in [2.45, 2.75) is 0 Å². The van der Waals surface area contributed by atoms with Crippen LogP contribution in [0.2, 0.25) is 10.0 Å². The molecule has 0 aliphatic heterocycles. The summed E-state index contributed by atoms with van der Waals surface area (Å²) in [6.07, 6.45) is 0. The van der Waals surface area contributed by atoms with Crippen molar-refractivity contribution in [2.75, 3.05) is 0 Å². The molecular formula is C14H10Cl2N2O2. The molecule has 20 heavy (non-hydrogen) atoms. The van der Waals surface area contributed by atoms with Crippen molar-refractivity contribution in [2.24, 2.45) is 0 Å². The van der Waals surface area contributed by atoms with Crippen LogP contribution in [-0.4, -0.2) is 11.8 Å². The van der Waals surface area contributed by atoms with Gasteiger partial charge < -0.3 is 0 Å². The predicted molar refractivity (Wildman–Crippen MR) is 77.8 cm³/mol. The van der Waals surface area contributed by atoms with Crippen LogP contribution in [0.25, 0.3) is 0 Å². The standard InChI is InChI=1S/C14H10Cl2N2O2/c15-11-5-1-3-9(7-11)13(19)17-18-14(20)10-4-2-6-12(16)8-10/h1-8H,(H,17,19)(H,18,20). The van der Waals surface area contributed by atoms with Gasteiger partial charge in [-0.15, -0.1) is 0 Å². The highest BCUT2D eigenvalue weighted by atomic mass is 35.5. The Morgan fingerprint density at radius 2 is 1.15 bits per heavy atom. The van der Waals surface area contributed by atoms with E-state index in [1.807, 2.05) is 0 Å². The summed E-state index contributed by atoms with van der Waals surface area (Å²) in [7, 11) is 0. The van der Waals surface area contributed by atoms with Crippen LogP contribution in [0.15, 0.2) is 48.5 Å². The summed E-state index contributed by atoms with van der Waals surface area (Å²) in [5.41, 5.74) is 5.31.